The highest BCUT2D eigenvalue weighted by Gasteiger charge is 2.12. The Labute approximate surface area is 128 Å². The number of piperazine rings is 1. The van der Waals surface area contributed by atoms with E-state index < -0.39 is 0 Å². The third-order valence-electron chi connectivity index (χ3n) is 3.34. The van der Waals surface area contributed by atoms with Gasteiger partial charge in [-0.1, -0.05) is 23.7 Å². The van der Waals surface area contributed by atoms with E-state index >= 15 is 0 Å². The lowest BCUT2D eigenvalue weighted by molar-refractivity contribution is 0.280. The average molecular weight is 305 g/mol. The van der Waals surface area contributed by atoms with Crippen molar-refractivity contribution >= 4 is 17.4 Å². The van der Waals surface area contributed by atoms with Gasteiger partial charge >= 0.3 is 6.01 Å². The van der Waals surface area contributed by atoms with Crippen molar-refractivity contribution < 1.29 is 4.74 Å². The third-order valence-corrected chi connectivity index (χ3v) is 3.59. The first-order valence-electron chi connectivity index (χ1n) is 6.97. The molecule has 5 nitrogen and oxygen atoms in total. The van der Waals surface area contributed by atoms with Gasteiger partial charge in [-0.05, 0) is 23.8 Å². The van der Waals surface area contributed by atoms with E-state index in [9.17, 15) is 0 Å². The lowest BCUT2D eigenvalue weighted by Gasteiger charge is -2.28. The predicted molar refractivity (Wildman–Crippen MR) is 82.9 cm³/mol. The van der Waals surface area contributed by atoms with E-state index in [0.717, 1.165) is 42.6 Å². The molecular formula is C15H17ClN4O. The summed E-state index contributed by atoms with van der Waals surface area (Å²) in [7, 11) is 0. The number of ether oxygens (including phenoxy) is 1. The molecule has 0 atom stereocenters. The van der Waals surface area contributed by atoms with Crippen LogP contribution in [0.3, 0.4) is 0 Å². The van der Waals surface area contributed by atoms with Gasteiger partial charge in [0.25, 0.3) is 0 Å². The maximum Gasteiger partial charge on any atom is 0.318 e. The largest absolute Gasteiger partial charge is 0.459 e. The van der Waals surface area contributed by atoms with Crippen LogP contribution in [0.5, 0.6) is 6.01 Å². The van der Waals surface area contributed by atoms with Crippen LogP contribution in [0.2, 0.25) is 5.02 Å². The smallest absolute Gasteiger partial charge is 0.318 e. The highest BCUT2D eigenvalue weighted by atomic mass is 35.5. The maximum absolute atomic E-state index is 5.86. The van der Waals surface area contributed by atoms with Crippen molar-refractivity contribution in [1.29, 1.82) is 0 Å². The molecule has 2 aromatic rings. The summed E-state index contributed by atoms with van der Waals surface area (Å²) in [6, 6.07) is 9.88. The Balaban J connectivity index is 1.64. The van der Waals surface area contributed by atoms with Crippen molar-refractivity contribution in [2.24, 2.45) is 0 Å². The van der Waals surface area contributed by atoms with Crippen LogP contribution >= 0.6 is 11.6 Å². The summed E-state index contributed by atoms with van der Waals surface area (Å²) in [5.74, 6) is 0.914. The number of nitrogens with zero attached hydrogens (tertiary/aromatic N) is 3. The van der Waals surface area contributed by atoms with Gasteiger partial charge in [0.2, 0.25) is 0 Å². The van der Waals surface area contributed by atoms with Gasteiger partial charge in [-0.2, -0.15) is 4.98 Å². The second-order valence-corrected chi connectivity index (χ2v) is 5.29. The molecule has 1 aromatic heterocycles. The zero-order valence-corrected chi connectivity index (χ0v) is 12.4. The predicted octanol–water partition coefficient (Wildman–Crippen LogP) is 2.12. The van der Waals surface area contributed by atoms with Crippen molar-refractivity contribution in [2.75, 3.05) is 31.1 Å². The molecular weight excluding hydrogens is 288 g/mol. The molecule has 1 aliphatic rings. The van der Waals surface area contributed by atoms with Crippen LogP contribution in [0.4, 0.5) is 5.82 Å². The summed E-state index contributed by atoms with van der Waals surface area (Å²) in [6.07, 6.45) is 1.74. The minimum absolute atomic E-state index is 0.404. The molecule has 0 amide bonds. The number of halogens is 1. The Morgan fingerprint density at radius 1 is 1.14 bits per heavy atom. The second-order valence-electron chi connectivity index (χ2n) is 4.85. The molecule has 0 aliphatic carbocycles. The van der Waals surface area contributed by atoms with Crippen molar-refractivity contribution in [3.8, 4) is 6.01 Å². The number of hydrogen-bond donors (Lipinski definition) is 1. The first kappa shape index (κ1) is 14.1. The molecule has 1 aliphatic heterocycles. The first-order chi connectivity index (χ1) is 10.3. The summed E-state index contributed by atoms with van der Waals surface area (Å²) in [4.78, 5) is 10.9. The Morgan fingerprint density at radius 2 is 1.90 bits per heavy atom. The molecule has 1 aromatic carbocycles. The molecule has 0 bridgehead atoms. The fourth-order valence-electron chi connectivity index (χ4n) is 2.20. The molecule has 6 heteroatoms. The molecule has 1 N–H and O–H groups in total. The number of hydrogen-bond acceptors (Lipinski definition) is 5. The zero-order chi connectivity index (χ0) is 14.5. The van der Waals surface area contributed by atoms with Gasteiger partial charge in [0, 0.05) is 37.4 Å². The van der Waals surface area contributed by atoms with E-state index in [2.05, 4.69) is 20.2 Å². The van der Waals surface area contributed by atoms with Gasteiger partial charge in [-0.25, -0.2) is 4.98 Å². The number of aromatic nitrogens is 2. The van der Waals surface area contributed by atoms with E-state index in [0.29, 0.717) is 12.6 Å². The van der Waals surface area contributed by atoms with Gasteiger partial charge in [0.15, 0.2) is 0 Å². The molecule has 110 valence electrons. The molecule has 1 saturated heterocycles. The van der Waals surface area contributed by atoms with Crippen molar-refractivity contribution in [3.63, 3.8) is 0 Å². The van der Waals surface area contributed by atoms with E-state index in [1.807, 2.05) is 30.3 Å². The summed E-state index contributed by atoms with van der Waals surface area (Å²) in [5.41, 5.74) is 1.04. The Morgan fingerprint density at radius 3 is 2.67 bits per heavy atom. The number of rotatable bonds is 4. The van der Waals surface area contributed by atoms with Crippen LogP contribution in [-0.2, 0) is 6.61 Å². The third kappa shape index (κ3) is 3.83. The van der Waals surface area contributed by atoms with Crippen molar-refractivity contribution in [1.82, 2.24) is 15.3 Å². The van der Waals surface area contributed by atoms with Crippen LogP contribution in [0, 0.1) is 0 Å². The molecule has 1 fully saturated rings. The van der Waals surface area contributed by atoms with Gasteiger partial charge in [-0.3, -0.25) is 0 Å². The first-order valence-corrected chi connectivity index (χ1v) is 7.35. The molecule has 21 heavy (non-hydrogen) atoms. The standard InChI is InChI=1S/C15H17ClN4O/c16-13-3-1-12(2-4-13)11-21-15-18-6-5-14(19-15)20-9-7-17-8-10-20/h1-6,17H,7-11H2. The van der Waals surface area contributed by atoms with Crippen LogP contribution < -0.4 is 15.0 Å². The highest BCUT2D eigenvalue weighted by Crippen LogP contribution is 2.15. The highest BCUT2D eigenvalue weighted by molar-refractivity contribution is 6.30. The lowest BCUT2D eigenvalue weighted by Crippen LogP contribution is -2.43. The van der Waals surface area contributed by atoms with Crippen molar-refractivity contribution in [2.45, 2.75) is 6.61 Å². The number of anilines is 1. The van der Waals surface area contributed by atoms with Crippen LogP contribution in [0.15, 0.2) is 36.5 Å². The summed E-state index contributed by atoms with van der Waals surface area (Å²) in [5, 5.41) is 4.04. The van der Waals surface area contributed by atoms with Gasteiger partial charge in [-0.15, -0.1) is 0 Å². The van der Waals surface area contributed by atoms with Crippen LogP contribution in [-0.4, -0.2) is 36.1 Å². The molecule has 0 radical (unpaired) electrons. The van der Waals surface area contributed by atoms with Crippen LogP contribution in [0.25, 0.3) is 0 Å². The van der Waals surface area contributed by atoms with E-state index in [-0.39, 0.29) is 0 Å². The molecule has 3 rings (SSSR count). The molecule has 0 saturated carbocycles. The Bertz CT molecular complexity index is 584. The fourth-order valence-corrected chi connectivity index (χ4v) is 2.33. The SMILES string of the molecule is Clc1ccc(COc2nccc(N3CCNCC3)n2)cc1. The molecule has 2 heterocycles. The van der Waals surface area contributed by atoms with Gasteiger partial charge < -0.3 is 15.0 Å². The fraction of sp³-hybridized carbons (Fsp3) is 0.333. The summed E-state index contributed by atoms with van der Waals surface area (Å²) in [6.45, 7) is 4.29. The summed E-state index contributed by atoms with van der Waals surface area (Å²) >= 11 is 5.86. The Hall–Kier alpha value is -1.85. The second kappa shape index (κ2) is 6.74. The van der Waals surface area contributed by atoms with Crippen molar-refractivity contribution in [3.05, 3.63) is 47.1 Å². The topological polar surface area (TPSA) is 50.3 Å². The minimum atomic E-state index is 0.404. The monoisotopic (exact) mass is 304 g/mol. The normalized spacial score (nSPS) is 15.0. The van der Waals surface area contributed by atoms with E-state index in [1.54, 1.807) is 6.20 Å². The number of nitrogens with one attached hydrogen (secondary N) is 1. The van der Waals surface area contributed by atoms with Crippen LogP contribution in [0.1, 0.15) is 5.56 Å². The zero-order valence-electron chi connectivity index (χ0n) is 11.6. The van der Waals surface area contributed by atoms with E-state index in [1.165, 1.54) is 0 Å². The van der Waals surface area contributed by atoms with E-state index in [4.69, 9.17) is 16.3 Å². The lowest BCUT2D eigenvalue weighted by atomic mass is 10.2. The maximum atomic E-state index is 5.86. The minimum Gasteiger partial charge on any atom is -0.459 e. The number of benzene rings is 1. The quantitative estimate of drug-likeness (QED) is 0.937. The van der Waals surface area contributed by atoms with Gasteiger partial charge in [0.05, 0.1) is 0 Å². The Kier molecular flexibility index (Phi) is 4.52. The molecule has 0 unspecified atom stereocenters. The van der Waals surface area contributed by atoms with Gasteiger partial charge in [0.1, 0.15) is 12.4 Å². The molecule has 0 spiro atoms. The average Bonchev–Trinajstić information content (AvgIpc) is 2.55. The summed E-state index contributed by atoms with van der Waals surface area (Å²) < 4.78 is 5.66.